The Kier molecular flexibility index (Phi) is 4.59. The highest BCUT2D eigenvalue weighted by Gasteiger charge is 2.11. The minimum absolute atomic E-state index is 0.718. The molecule has 128 valence electrons. The maximum atomic E-state index is 6.16. The highest BCUT2D eigenvalue weighted by atomic mass is 35.5. The molecule has 0 amide bonds. The van der Waals surface area contributed by atoms with E-state index in [-0.39, 0.29) is 0 Å². The van der Waals surface area contributed by atoms with Crippen LogP contribution in [0.3, 0.4) is 0 Å². The molecular weight excluding hydrogens is 342 g/mol. The van der Waals surface area contributed by atoms with E-state index in [2.05, 4.69) is 48.0 Å². The molecule has 0 unspecified atom stereocenters. The van der Waals surface area contributed by atoms with E-state index in [1.165, 1.54) is 5.56 Å². The van der Waals surface area contributed by atoms with Crippen molar-refractivity contribution in [3.05, 3.63) is 101 Å². The Balaban J connectivity index is 1.92. The van der Waals surface area contributed by atoms with Crippen LogP contribution < -0.4 is 9.93 Å². The van der Waals surface area contributed by atoms with Crippen molar-refractivity contribution in [2.24, 2.45) is 0 Å². The molecule has 0 saturated carbocycles. The van der Waals surface area contributed by atoms with Crippen LogP contribution in [0.2, 0.25) is 5.02 Å². The Morgan fingerprint density at radius 3 is 2.31 bits per heavy atom. The van der Waals surface area contributed by atoms with E-state index in [1.807, 2.05) is 48.5 Å². The zero-order valence-corrected chi connectivity index (χ0v) is 15.3. The predicted octanol–water partition coefficient (Wildman–Crippen LogP) is 5.36. The second kappa shape index (κ2) is 7.19. The van der Waals surface area contributed by atoms with Crippen molar-refractivity contribution in [1.82, 2.24) is 4.58 Å². The van der Waals surface area contributed by atoms with Crippen molar-refractivity contribution in [2.45, 2.75) is 6.54 Å². The smallest absolute Gasteiger partial charge is 0.214 e. The summed E-state index contributed by atoms with van der Waals surface area (Å²) in [5.41, 5.74) is 3.15. The molecule has 0 bridgehead atoms. The summed E-state index contributed by atoms with van der Waals surface area (Å²) in [4.78, 5) is 0. The van der Waals surface area contributed by atoms with Gasteiger partial charge < -0.3 is 4.42 Å². The molecule has 4 rings (SSSR count). The molecule has 26 heavy (non-hydrogen) atoms. The number of fused-ring (bicyclic) bond motifs is 1. The van der Waals surface area contributed by atoms with E-state index in [9.17, 15) is 0 Å². The van der Waals surface area contributed by atoms with E-state index in [0.29, 0.717) is 0 Å². The SMILES string of the molecule is C[N+](Cc1ccccc1)=c1cc(-c2ccc(Cl)cc2)oc2ccccc12. The fourth-order valence-corrected chi connectivity index (χ4v) is 3.26. The molecule has 0 saturated heterocycles. The van der Waals surface area contributed by atoms with Crippen LogP contribution in [0.5, 0.6) is 0 Å². The van der Waals surface area contributed by atoms with E-state index in [0.717, 1.165) is 39.2 Å². The van der Waals surface area contributed by atoms with Gasteiger partial charge in [-0.25, -0.2) is 4.58 Å². The van der Waals surface area contributed by atoms with Gasteiger partial charge in [0, 0.05) is 16.1 Å². The molecule has 0 fully saturated rings. The fourth-order valence-electron chi connectivity index (χ4n) is 3.13. The van der Waals surface area contributed by atoms with E-state index in [1.54, 1.807) is 0 Å². The number of rotatable bonds is 3. The molecule has 2 nitrogen and oxygen atoms in total. The van der Waals surface area contributed by atoms with E-state index >= 15 is 0 Å². The van der Waals surface area contributed by atoms with Crippen molar-refractivity contribution in [3.63, 3.8) is 0 Å². The van der Waals surface area contributed by atoms with Gasteiger partial charge in [0.15, 0.2) is 6.54 Å². The van der Waals surface area contributed by atoms with Crippen LogP contribution in [0.1, 0.15) is 5.56 Å². The summed E-state index contributed by atoms with van der Waals surface area (Å²) in [6.45, 7) is 0.828. The molecule has 3 aromatic carbocycles. The maximum Gasteiger partial charge on any atom is 0.214 e. The highest BCUT2D eigenvalue weighted by Crippen LogP contribution is 2.23. The molecule has 0 N–H and O–H groups in total. The molecule has 0 spiro atoms. The maximum absolute atomic E-state index is 6.16. The molecule has 3 heteroatoms. The second-order valence-corrected chi connectivity index (χ2v) is 6.78. The second-order valence-electron chi connectivity index (χ2n) is 6.34. The molecule has 1 heterocycles. The summed E-state index contributed by atoms with van der Waals surface area (Å²) >= 11 is 6.03. The van der Waals surface area contributed by atoms with Crippen LogP contribution in [0.15, 0.2) is 89.3 Å². The molecule has 0 radical (unpaired) electrons. The lowest BCUT2D eigenvalue weighted by atomic mass is 10.1. The number of hydrogen-bond acceptors (Lipinski definition) is 1. The average molecular weight is 361 g/mol. The highest BCUT2D eigenvalue weighted by molar-refractivity contribution is 6.30. The summed E-state index contributed by atoms with van der Waals surface area (Å²) in [6.07, 6.45) is 0. The van der Waals surface area contributed by atoms with Gasteiger partial charge in [-0.2, -0.15) is 0 Å². The molecule has 4 aromatic rings. The largest absolute Gasteiger partial charge is 0.456 e. The van der Waals surface area contributed by atoms with Crippen molar-refractivity contribution < 1.29 is 4.42 Å². The molecule has 0 aliphatic carbocycles. The third-order valence-electron chi connectivity index (χ3n) is 4.45. The number of hydrogen-bond donors (Lipinski definition) is 0. The Bertz CT molecular complexity index is 1110. The van der Waals surface area contributed by atoms with Crippen LogP contribution in [-0.2, 0) is 6.54 Å². The van der Waals surface area contributed by atoms with Crippen molar-refractivity contribution >= 4 is 22.6 Å². The van der Waals surface area contributed by atoms with Gasteiger partial charge in [-0.1, -0.05) is 54.1 Å². The Labute approximate surface area is 157 Å². The molecule has 1 aromatic heterocycles. The summed E-state index contributed by atoms with van der Waals surface area (Å²) < 4.78 is 8.42. The molecule has 0 aliphatic heterocycles. The number of para-hydroxylation sites is 1. The van der Waals surface area contributed by atoms with Crippen LogP contribution in [-0.4, -0.2) is 7.05 Å². The first-order chi connectivity index (χ1) is 12.7. The van der Waals surface area contributed by atoms with Gasteiger partial charge in [0.05, 0.1) is 11.5 Å². The van der Waals surface area contributed by atoms with Crippen molar-refractivity contribution in [3.8, 4) is 11.3 Å². The monoisotopic (exact) mass is 360 g/mol. The van der Waals surface area contributed by atoms with Gasteiger partial charge in [0.2, 0.25) is 5.36 Å². The number of halogens is 1. The normalized spacial score (nSPS) is 12.2. The first kappa shape index (κ1) is 16.6. The average Bonchev–Trinajstić information content (AvgIpc) is 2.68. The van der Waals surface area contributed by atoms with Crippen LogP contribution in [0.25, 0.3) is 22.3 Å². The van der Waals surface area contributed by atoms with Crippen molar-refractivity contribution in [1.29, 1.82) is 0 Å². The summed E-state index contributed by atoms with van der Waals surface area (Å²) in [7, 11) is 2.11. The minimum atomic E-state index is 0.718. The quantitative estimate of drug-likeness (QED) is 0.449. The Morgan fingerprint density at radius 1 is 0.846 bits per heavy atom. The predicted molar refractivity (Wildman–Crippen MR) is 108 cm³/mol. The minimum Gasteiger partial charge on any atom is -0.456 e. The van der Waals surface area contributed by atoms with Crippen LogP contribution in [0, 0.1) is 0 Å². The summed E-state index contributed by atoms with van der Waals surface area (Å²) in [5.74, 6) is 0.829. The van der Waals surface area contributed by atoms with Gasteiger partial charge in [-0.05, 0) is 36.4 Å². The van der Waals surface area contributed by atoms with Gasteiger partial charge in [-0.3, -0.25) is 0 Å². The fraction of sp³-hybridized carbons (Fsp3) is 0.0870. The first-order valence-corrected chi connectivity index (χ1v) is 8.95. The zero-order valence-electron chi connectivity index (χ0n) is 14.5. The number of nitrogens with zero attached hydrogens (tertiary/aromatic N) is 1. The third-order valence-corrected chi connectivity index (χ3v) is 4.71. The molecular formula is C23H19ClNO+. The Hall–Kier alpha value is -2.84. The van der Waals surface area contributed by atoms with E-state index in [4.69, 9.17) is 16.0 Å². The molecule has 0 aliphatic rings. The lowest BCUT2D eigenvalue weighted by Crippen LogP contribution is -2.26. The van der Waals surface area contributed by atoms with Crippen molar-refractivity contribution in [2.75, 3.05) is 7.05 Å². The third kappa shape index (κ3) is 3.42. The lowest BCUT2D eigenvalue weighted by Gasteiger charge is -2.05. The van der Waals surface area contributed by atoms with Gasteiger partial charge >= 0.3 is 0 Å². The zero-order chi connectivity index (χ0) is 17.9. The Morgan fingerprint density at radius 2 is 1.54 bits per heavy atom. The van der Waals surface area contributed by atoms with Crippen LogP contribution in [0.4, 0.5) is 0 Å². The van der Waals surface area contributed by atoms with E-state index < -0.39 is 0 Å². The van der Waals surface area contributed by atoms with Gasteiger partial charge in [0.25, 0.3) is 0 Å². The topological polar surface area (TPSA) is 16.1 Å². The summed E-state index contributed by atoms with van der Waals surface area (Å²) in [5, 5.41) is 2.96. The first-order valence-electron chi connectivity index (χ1n) is 8.57. The summed E-state index contributed by atoms with van der Waals surface area (Å²) in [6, 6.07) is 28.5. The number of benzene rings is 3. The lowest BCUT2D eigenvalue weighted by molar-refractivity contribution is 0.608. The van der Waals surface area contributed by atoms with Crippen LogP contribution >= 0.6 is 11.6 Å². The van der Waals surface area contributed by atoms with Gasteiger partial charge in [-0.15, -0.1) is 0 Å². The standard InChI is InChI=1S/C23H19ClNO/c1-25(16-17-7-3-2-4-8-17)21-15-23(18-11-13-19(24)14-12-18)26-22-10-6-5-9-20(21)22/h2-15H,16H2,1H3/q+1. The molecule has 0 atom stereocenters. The van der Waals surface area contributed by atoms with Gasteiger partial charge in [0.1, 0.15) is 18.4 Å².